The minimum Gasteiger partial charge on any atom is -0.458 e. The zero-order valence-corrected chi connectivity index (χ0v) is 18.0. The van der Waals surface area contributed by atoms with Crippen LogP contribution in [0.1, 0.15) is 45.2 Å². The fraction of sp³-hybridized carbons (Fsp3) is 0.455. The average Bonchev–Trinajstić information content (AvgIpc) is 2.62. The second kappa shape index (κ2) is 10.3. The molecule has 0 heterocycles. The zero-order valence-electron chi connectivity index (χ0n) is 17.3. The first kappa shape index (κ1) is 23.7. The minimum absolute atomic E-state index is 0.323. The van der Waals surface area contributed by atoms with Crippen molar-refractivity contribution in [1.29, 1.82) is 5.26 Å². The molecule has 0 amide bonds. The molecule has 152 valence electrons. The number of halogens is 1. The van der Waals surface area contributed by atoms with E-state index in [0.29, 0.717) is 34.7 Å². The summed E-state index contributed by atoms with van der Waals surface area (Å²) in [4.78, 5) is 14.4. The van der Waals surface area contributed by atoms with Crippen molar-refractivity contribution in [2.75, 3.05) is 13.7 Å². The van der Waals surface area contributed by atoms with Gasteiger partial charge in [0.2, 0.25) is 0 Å². The van der Waals surface area contributed by atoms with Gasteiger partial charge >= 0.3 is 5.97 Å². The Bertz CT molecular complexity index is 762. The summed E-state index contributed by atoms with van der Waals surface area (Å²) in [5.41, 5.74) is 1.11. The Hall–Kier alpha value is -2.29. The molecule has 0 spiro atoms. The second-order valence-electron chi connectivity index (χ2n) is 7.39. The largest absolute Gasteiger partial charge is 0.458 e. The van der Waals surface area contributed by atoms with Crippen LogP contribution in [0, 0.1) is 11.3 Å². The molecule has 0 saturated carbocycles. The molecule has 0 aliphatic rings. The Morgan fingerprint density at radius 1 is 1.43 bits per heavy atom. The summed E-state index contributed by atoms with van der Waals surface area (Å²) in [5.74, 6) is -0.323. The van der Waals surface area contributed by atoms with E-state index in [0.717, 1.165) is 0 Å². The van der Waals surface area contributed by atoms with Crippen molar-refractivity contribution in [3.05, 3.63) is 53.7 Å². The van der Waals surface area contributed by atoms with Crippen LogP contribution in [0.2, 0.25) is 5.02 Å². The highest BCUT2D eigenvalue weighted by molar-refractivity contribution is 6.30. The maximum absolute atomic E-state index is 12.6. The number of methoxy groups -OCH3 is 1. The van der Waals surface area contributed by atoms with Gasteiger partial charge in [-0.15, -0.1) is 0 Å². The van der Waals surface area contributed by atoms with Gasteiger partial charge in [-0.2, -0.15) is 5.26 Å². The maximum atomic E-state index is 12.6. The van der Waals surface area contributed by atoms with Gasteiger partial charge in [0.05, 0.1) is 17.7 Å². The molecule has 0 aliphatic heterocycles. The lowest BCUT2D eigenvalue weighted by Gasteiger charge is -2.33. The van der Waals surface area contributed by atoms with Crippen molar-refractivity contribution in [3.63, 3.8) is 0 Å². The van der Waals surface area contributed by atoms with Crippen LogP contribution >= 0.6 is 11.6 Å². The molecule has 0 N–H and O–H groups in total. The maximum Gasteiger partial charge on any atom is 0.329 e. The van der Waals surface area contributed by atoms with E-state index in [1.54, 1.807) is 36.4 Å². The first-order valence-corrected chi connectivity index (χ1v) is 9.48. The molecule has 1 rings (SSSR count). The number of hydrogen-bond acceptors (Lipinski definition) is 5. The second-order valence-corrected chi connectivity index (χ2v) is 7.82. The first-order chi connectivity index (χ1) is 13.1. The average molecular weight is 405 g/mol. The van der Waals surface area contributed by atoms with Gasteiger partial charge in [0, 0.05) is 18.7 Å². The molecule has 2 atom stereocenters. The summed E-state index contributed by atoms with van der Waals surface area (Å²) < 4.78 is 11.2. The molecule has 0 radical (unpaired) electrons. The van der Waals surface area contributed by atoms with Crippen LogP contribution in [0.3, 0.4) is 0 Å². The third-order valence-corrected chi connectivity index (χ3v) is 4.43. The number of esters is 1. The molecular weight excluding hydrogens is 376 g/mol. The predicted octanol–water partition coefficient (Wildman–Crippen LogP) is 4.81. The van der Waals surface area contributed by atoms with Crippen molar-refractivity contribution in [3.8, 4) is 6.07 Å². The van der Waals surface area contributed by atoms with Crippen molar-refractivity contribution >= 4 is 23.1 Å². The topological polar surface area (TPSA) is 62.6 Å². The minimum atomic E-state index is -0.579. The molecule has 1 aromatic rings. The highest BCUT2D eigenvalue weighted by atomic mass is 35.5. The summed E-state index contributed by atoms with van der Waals surface area (Å²) in [7, 11) is 1.56. The quantitative estimate of drug-likeness (QED) is 0.553. The molecule has 6 heteroatoms. The number of carbonyl (C=O) groups is 1. The third kappa shape index (κ3) is 6.40. The Morgan fingerprint density at radius 3 is 2.54 bits per heavy atom. The molecular formula is C22H29ClN2O3. The molecule has 0 fully saturated rings. The van der Waals surface area contributed by atoms with E-state index in [9.17, 15) is 10.1 Å². The molecule has 0 aliphatic carbocycles. The lowest BCUT2D eigenvalue weighted by Crippen LogP contribution is -2.44. The first-order valence-electron chi connectivity index (χ1n) is 9.10. The van der Waals surface area contributed by atoms with Crippen molar-refractivity contribution in [2.45, 2.75) is 51.9 Å². The van der Waals surface area contributed by atoms with Gasteiger partial charge < -0.3 is 14.4 Å². The smallest absolute Gasteiger partial charge is 0.329 e. The van der Waals surface area contributed by atoms with E-state index < -0.39 is 17.7 Å². The van der Waals surface area contributed by atoms with Crippen LogP contribution in [-0.2, 0) is 14.3 Å². The predicted molar refractivity (Wildman–Crippen MR) is 113 cm³/mol. The molecule has 28 heavy (non-hydrogen) atoms. The fourth-order valence-corrected chi connectivity index (χ4v) is 2.98. The Kier molecular flexibility index (Phi) is 8.74. The summed E-state index contributed by atoms with van der Waals surface area (Å²) in [5, 5.41) is 9.89. The van der Waals surface area contributed by atoms with Crippen LogP contribution in [0.25, 0.3) is 5.57 Å². The lowest BCUT2D eigenvalue weighted by molar-refractivity contribution is -0.160. The summed E-state index contributed by atoms with van der Waals surface area (Å²) in [6.07, 6.45) is 1.67. The fourth-order valence-electron chi connectivity index (χ4n) is 2.81. The van der Waals surface area contributed by atoms with Gasteiger partial charge in [0.1, 0.15) is 11.6 Å². The van der Waals surface area contributed by atoms with Gasteiger partial charge in [0.15, 0.2) is 0 Å². The Labute approximate surface area is 173 Å². The van der Waals surface area contributed by atoms with Crippen LogP contribution in [0.15, 0.2) is 37.6 Å². The van der Waals surface area contributed by atoms with E-state index in [1.807, 2.05) is 27.7 Å². The van der Waals surface area contributed by atoms with Crippen molar-refractivity contribution < 1.29 is 14.3 Å². The molecule has 1 aromatic carbocycles. The number of nitriles is 1. The molecule has 5 nitrogen and oxygen atoms in total. The number of hydrogen-bond donors (Lipinski definition) is 0. The molecule has 0 aromatic heterocycles. The number of carbonyl (C=O) groups excluding carboxylic acids is 1. The summed E-state index contributed by atoms with van der Waals surface area (Å²) >= 11 is 6.10. The lowest BCUT2D eigenvalue weighted by atomic mass is 9.96. The highest BCUT2D eigenvalue weighted by Gasteiger charge is 2.30. The molecule has 0 saturated heterocycles. The molecule has 2 unspecified atom stereocenters. The zero-order chi connectivity index (χ0) is 21.5. The van der Waals surface area contributed by atoms with E-state index in [2.05, 4.69) is 19.2 Å². The Morgan fingerprint density at radius 2 is 2.07 bits per heavy atom. The highest BCUT2D eigenvalue weighted by Crippen LogP contribution is 2.27. The monoisotopic (exact) mass is 404 g/mol. The van der Waals surface area contributed by atoms with Gasteiger partial charge in [-0.3, -0.25) is 0 Å². The van der Waals surface area contributed by atoms with Crippen LogP contribution in [0.4, 0.5) is 0 Å². The number of rotatable bonds is 9. The van der Waals surface area contributed by atoms with Gasteiger partial charge in [0.25, 0.3) is 0 Å². The Balaban J connectivity index is 3.10. The van der Waals surface area contributed by atoms with Gasteiger partial charge in [-0.1, -0.05) is 31.7 Å². The normalized spacial score (nSPS) is 13.2. The van der Waals surface area contributed by atoms with E-state index in [1.165, 1.54) is 0 Å². The SMILES string of the molecule is C=CN(CC(OC)C(=C)c1cc(Cl)ccc1C#N)C(CC)C(=O)OC(C)(C)C. The van der Waals surface area contributed by atoms with Crippen LogP contribution < -0.4 is 0 Å². The third-order valence-electron chi connectivity index (χ3n) is 4.20. The van der Waals surface area contributed by atoms with Gasteiger partial charge in [-0.05, 0) is 62.7 Å². The van der Waals surface area contributed by atoms with E-state index in [4.69, 9.17) is 21.1 Å². The van der Waals surface area contributed by atoms with Crippen molar-refractivity contribution in [2.24, 2.45) is 0 Å². The van der Waals surface area contributed by atoms with Crippen LogP contribution in [-0.4, -0.2) is 42.3 Å². The standard InChI is InChI=1S/C22H29ClN2O3/c1-8-19(21(26)28-22(4,5)6)25(9-2)14-20(27-7)15(3)18-12-17(23)11-10-16(18)13-24/h9-12,19-20H,2-3,8,14H2,1,4-7H3. The number of benzene rings is 1. The summed E-state index contributed by atoms with van der Waals surface area (Å²) in [6.45, 7) is 15.7. The van der Waals surface area contributed by atoms with Crippen molar-refractivity contribution in [1.82, 2.24) is 4.90 Å². The summed E-state index contributed by atoms with van der Waals surface area (Å²) in [6, 6.07) is 6.64. The molecule has 0 bridgehead atoms. The van der Waals surface area contributed by atoms with Crippen LogP contribution in [0.5, 0.6) is 0 Å². The van der Waals surface area contributed by atoms with E-state index >= 15 is 0 Å². The van der Waals surface area contributed by atoms with Gasteiger partial charge in [-0.25, -0.2) is 4.79 Å². The number of ether oxygens (including phenoxy) is 2. The van der Waals surface area contributed by atoms with E-state index in [-0.39, 0.29) is 5.97 Å². The number of nitrogens with zero attached hydrogens (tertiary/aromatic N) is 2.